The standard InChI is InChI=1S/C10H20N4/c1-3-9-8-14(7-6-13(9)2)10-11-4-5-12-10/h9H,3-8H2,1-2H3,(H,11,12). The molecule has 1 atom stereocenters. The van der Waals surface area contributed by atoms with Crippen LogP contribution in [-0.2, 0) is 0 Å². The van der Waals surface area contributed by atoms with Crippen molar-refractivity contribution in [2.24, 2.45) is 4.99 Å². The summed E-state index contributed by atoms with van der Waals surface area (Å²) in [5, 5.41) is 3.34. The van der Waals surface area contributed by atoms with Gasteiger partial charge in [-0.25, -0.2) is 0 Å². The Labute approximate surface area is 86.0 Å². The molecule has 0 aromatic heterocycles. The molecule has 0 spiro atoms. The molecule has 0 aromatic rings. The Balaban J connectivity index is 1.95. The summed E-state index contributed by atoms with van der Waals surface area (Å²) in [5.41, 5.74) is 0. The molecule has 0 bridgehead atoms. The Kier molecular flexibility index (Phi) is 2.91. The second kappa shape index (κ2) is 4.17. The number of likely N-dealkylation sites (N-methyl/N-ethyl adjacent to an activating group) is 1. The van der Waals surface area contributed by atoms with Gasteiger partial charge in [0.1, 0.15) is 0 Å². The molecule has 2 rings (SSSR count). The number of rotatable bonds is 1. The minimum atomic E-state index is 0.689. The predicted molar refractivity (Wildman–Crippen MR) is 58.6 cm³/mol. The van der Waals surface area contributed by atoms with Gasteiger partial charge in [0.05, 0.1) is 6.54 Å². The monoisotopic (exact) mass is 196 g/mol. The molecule has 80 valence electrons. The van der Waals surface area contributed by atoms with Crippen molar-refractivity contribution in [2.75, 3.05) is 39.8 Å². The fourth-order valence-corrected chi connectivity index (χ4v) is 2.18. The first-order valence-corrected chi connectivity index (χ1v) is 5.54. The van der Waals surface area contributed by atoms with Crippen LogP contribution in [0.2, 0.25) is 0 Å². The SMILES string of the molecule is CCC1CN(C2=NCCN2)CCN1C. The molecule has 2 aliphatic rings. The zero-order valence-electron chi connectivity index (χ0n) is 9.16. The fraction of sp³-hybridized carbons (Fsp3) is 0.900. The molecule has 2 heterocycles. The molecule has 1 unspecified atom stereocenters. The lowest BCUT2D eigenvalue weighted by Crippen LogP contribution is -2.55. The van der Waals surface area contributed by atoms with E-state index in [2.05, 4.69) is 34.1 Å². The number of hydrogen-bond donors (Lipinski definition) is 1. The number of piperazine rings is 1. The average molecular weight is 196 g/mol. The van der Waals surface area contributed by atoms with Crippen molar-refractivity contribution in [3.63, 3.8) is 0 Å². The maximum absolute atomic E-state index is 4.47. The van der Waals surface area contributed by atoms with Crippen LogP contribution in [0.25, 0.3) is 0 Å². The first-order valence-electron chi connectivity index (χ1n) is 5.54. The normalized spacial score (nSPS) is 28.9. The van der Waals surface area contributed by atoms with Crippen LogP contribution < -0.4 is 5.32 Å². The van der Waals surface area contributed by atoms with Crippen LogP contribution in [0.3, 0.4) is 0 Å². The third kappa shape index (κ3) is 1.85. The van der Waals surface area contributed by atoms with Crippen molar-refractivity contribution in [3.05, 3.63) is 0 Å². The van der Waals surface area contributed by atoms with Crippen molar-refractivity contribution in [2.45, 2.75) is 19.4 Å². The molecule has 1 fully saturated rings. The lowest BCUT2D eigenvalue weighted by molar-refractivity contribution is 0.136. The van der Waals surface area contributed by atoms with Crippen LogP contribution >= 0.6 is 0 Å². The molecule has 0 aliphatic carbocycles. The summed E-state index contributed by atoms with van der Waals surface area (Å²) in [6, 6.07) is 0.689. The zero-order valence-corrected chi connectivity index (χ0v) is 9.16. The number of nitrogens with zero attached hydrogens (tertiary/aromatic N) is 3. The van der Waals surface area contributed by atoms with Gasteiger partial charge in [0.25, 0.3) is 0 Å². The third-order valence-electron chi connectivity index (χ3n) is 3.20. The van der Waals surface area contributed by atoms with Gasteiger partial charge in [0, 0.05) is 32.2 Å². The molecule has 4 nitrogen and oxygen atoms in total. The van der Waals surface area contributed by atoms with E-state index in [1.807, 2.05) is 0 Å². The molecule has 4 heteroatoms. The second-order valence-corrected chi connectivity index (χ2v) is 4.12. The van der Waals surface area contributed by atoms with Crippen LogP contribution in [0.15, 0.2) is 4.99 Å². The summed E-state index contributed by atoms with van der Waals surface area (Å²) in [7, 11) is 2.22. The summed E-state index contributed by atoms with van der Waals surface area (Å²) in [6.07, 6.45) is 1.22. The first kappa shape index (κ1) is 9.77. The van der Waals surface area contributed by atoms with E-state index in [0.717, 1.165) is 38.7 Å². The van der Waals surface area contributed by atoms with Gasteiger partial charge in [-0.1, -0.05) is 6.92 Å². The van der Waals surface area contributed by atoms with Crippen molar-refractivity contribution < 1.29 is 0 Å². The van der Waals surface area contributed by atoms with Gasteiger partial charge in [-0.3, -0.25) is 9.89 Å². The lowest BCUT2D eigenvalue weighted by Gasteiger charge is -2.39. The average Bonchev–Trinajstić information content (AvgIpc) is 2.71. The number of aliphatic imine (C=N–C) groups is 1. The highest BCUT2D eigenvalue weighted by atomic mass is 15.4. The molecule has 1 N–H and O–H groups in total. The highest BCUT2D eigenvalue weighted by Crippen LogP contribution is 2.11. The van der Waals surface area contributed by atoms with Gasteiger partial charge in [-0.15, -0.1) is 0 Å². The maximum Gasteiger partial charge on any atom is 0.194 e. The Hall–Kier alpha value is -0.770. The maximum atomic E-state index is 4.47. The van der Waals surface area contributed by atoms with Crippen molar-refractivity contribution in [1.29, 1.82) is 0 Å². The summed E-state index contributed by atoms with van der Waals surface area (Å²) in [5.74, 6) is 1.12. The summed E-state index contributed by atoms with van der Waals surface area (Å²) in [4.78, 5) is 9.31. The Morgan fingerprint density at radius 1 is 1.50 bits per heavy atom. The Morgan fingerprint density at radius 2 is 2.36 bits per heavy atom. The highest BCUT2D eigenvalue weighted by Gasteiger charge is 2.25. The molecule has 0 aromatic carbocycles. The quantitative estimate of drug-likeness (QED) is 0.639. The molecule has 2 aliphatic heterocycles. The molecule has 0 saturated carbocycles. The summed E-state index contributed by atoms with van der Waals surface area (Å²) >= 11 is 0. The van der Waals surface area contributed by atoms with E-state index in [1.54, 1.807) is 0 Å². The van der Waals surface area contributed by atoms with Gasteiger partial charge in [-0.2, -0.15) is 0 Å². The molecular weight excluding hydrogens is 176 g/mol. The number of hydrogen-bond acceptors (Lipinski definition) is 4. The van der Waals surface area contributed by atoms with E-state index in [1.165, 1.54) is 6.42 Å². The van der Waals surface area contributed by atoms with Crippen LogP contribution in [-0.4, -0.2) is 61.6 Å². The number of guanidine groups is 1. The van der Waals surface area contributed by atoms with Crippen molar-refractivity contribution in [1.82, 2.24) is 15.1 Å². The number of nitrogens with one attached hydrogen (secondary N) is 1. The van der Waals surface area contributed by atoms with Gasteiger partial charge in [0.15, 0.2) is 5.96 Å². The predicted octanol–water partition coefficient (Wildman–Crippen LogP) is -0.0284. The largest absolute Gasteiger partial charge is 0.354 e. The zero-order chi connectivity index (χ0) is 9.97. The second-order valence-electron chi connectivity index (χ2n) is 4.12. The highest BCUT2D eigenvalue weighted by molar-refractivity contribution is 5.81. The van der Waals surface area contributed by atoms with Crippen LogP contribution in [0.5, 0.6) is 0 Å². The minimum absolute atomic E-state index is 0.689. The lowest BCUT2D eigenvalue weighted by atomic mass is 10.1. The van der Waals surface area contributed by atoms with E-state index < -0.39 is 0 Å². The Bertz CT molecular complexity index is 226. The topological polar surface area (TPSA) is 30.9 Å². The molecule has 0 amide bonds. The van der Waals surface area contributed by atoms with Crippen molar-refractivity contribution in [3.8, 4) is 0 Å². The smallest absolute Gasteiger partial charge is 0.194 e. The van der Waals surface area contributed by atoms with E-state index in [9.17, 15) is 0 Å². The van der Waals surface area contributed by atoms with E-state index in [-0.39, 0.29) is 0 Å². The van der Waals surface area contributed by atoms with Crippen LogP contribution in [0.1, 0.15) is 13.3 Å². The molecule has 1 saturated heterocycles. The van der Waals surface area contributed by atoms with E-state index in [4.69, 9.17) is 0 Å². The van der Waals surface area contributed by atoms with Gasteiger partial charge in [0.2, 0.25) is 0 Å². The van der Waals surface area contributed by atoms with Gasteiger partial charge >= 0.3 is 0 Å². The first-order chi connectivity index (χ1) is 6.81. The summed E-state index contributed by atoms with van der Waals surface area (Å²) < 4.78 is 0. The summed E-state index contributed by atoms with van der Waals surface area (Å²) in [6.45, 7) is 7.60. The third-order valence-corrected chi connectivity index (χ3v) is 3.20. The fourth-order valence-electron chi connectivity index (χ4n) is 2.18. The van der Waals surface area contributed by atoms with Gasteiger partial charge < -0.3 is 10.2 Å². The van der Waals surface area contributed by atoms with Crippen LogP contribution in [0.4, 0.5) is 0 Å². The van der Waals surface area contributed by atoms with Crippen molar-refractivity contribution >= 4 is 5.96 Å². The van der Waals surface area contributed by atoms with E-state index >= 15 is 0 Å². The van der Waals surface area contributed by atoms with E-state index in [0.29, 0.717) is 6.04 Å². The Morgan fingerprint density at radius 3 is 3.00 bits per heavy atom. The molecule has 0 radical (unpaired) electrons. The van der Waals surface area contributed by atoms with Crippen LogP contribution in [0, 0.1) is 0 Å². The molecule has 14 heavy (non-hydrogen) atoms. The van der Waals surface area contributed by atoms with Gasteiger partial charge in [-0.05, 0) is 13.5 Å². The molecular formula is C10H20N4. The minimum Gasteiger partial charge on any atom is -0.354 e.